The highest BCUT2D eigenvalue weighted by Gasteiger charge is 2.19. The lowest BCUT2D eigenvalue weighted by atomic mass is 10.1. The third-order valence-corrected chi connectivity index (χ3v) is 6.00. The van der Waals surface area contributed by atoms with Gasteiger partial charge in [0.2, 0.25) is 5.91 Å². The van der Waals surface area contributed by atoms with Crippen LogP contribution in [-0.4, -0.2) is 31.5 Å². The minimum absolute atomic E-state index is 0.0491. The molecule has 2 aromatic carbocycles. The second kappa shape index (κ2) is 9.33. The average Bonchev–Trinajstić information content (AvgIpc) is 2.67. The summed E-state index contributed by atoms with van der Waals surface area (Å²) in [7, 11) is -3.49. The molecule has 0 aromatic heterocycles. The number of carbonyl (C=O) groups is 1. The van der Waals surface area contributed by atoms with Crippen molar-refractivity contribution in [2.45, 2.75) is 38.1 Å². The highest BCUT2D eigenvalue weighted by Crippen LogP contribution is 2.15. The van der Waals surface area contributed by atoms with E-state index >= 15 is 0 Å². The Morgan fingerprint density at radius 2 is 1.70 bits per heavy atom. The minimum atomic E-state index is -3.49. The zero-order valence-corrected chi connectivity index (χ0v) is 16.5. The van der Waals surface area contributed by atoms with Crippen molar-refractivity contribution < 1.29 is 13.2 Å². The van der Waals surface area contributed by atoms with Gasteiger partial charge in [-0.05, 0) is 43.2 Å². The van der Waals surface area contributed by atoms with Crippen molar-refractivity contribution in [1.82, 2.24) is 4.90 Å². The number of nitrogens with zero attached hydrogens (tertiary/aromatic N) is 2. The second-order valence-corrected chi connectivity index (χ2v) is 8.62. The molecule has 0 N–H and O–H groups in total. The van der Waals surface area contributed by atoms with Crippen LogP contribution < -0.4 is 0 Å². The third kappa shape index (κ3) is 5.93. The number of amides is 1. The van der Waals surface area contributed by atoms with Gasteiger partial charge < -0.3 is 4.90 Å². The average molecular weight is 385 g/mol. The Bertz CT molecular complexity index is 911. The number of aryl methyl sites for hydroxylation is 1. The van der Waals surface area contributed by atoms with E-state index in [1.165, 1.54) is 0 Å². The molecule has 0 aliphatic rings. The molecule has 0 fully saturated rings. The van der Waals surface area contributed by atoms with Crippen molar-refractivity contribution in [3.8, 4) is 6.07 Å². The van der Waals surface area contributed by atoms with Gasteiger partial charge in [0.1, 0.15) is 0 Å². The molecule has 0 spiro atoms. The van der Waals surface area contributed by atoms with Gasteiger partial charge in [-0.1, -0.05) is 36.8 Å². The monoisotopic (exact) mass is 384 g/mol. The molecule has 0 atom stereocenters. The molecule has 0 heterocycles. The van der Waals surface area contributed by atoms with E-state index in [0.717, 1.165) is 17.5 Å². The molecule has 0 unspecified atom stereocenters. The molecule has 27 heavy (non-hydrogen) atoms. The first kappa shape index (κ1) is 20.7. The lowest BCUT2D eigenvalue weighted by Gasteiger charge is -2.22. The molecular weight excluding hydrogens is 360 g/mol. The second-order valence-electron chi connectivity index (χ2n) is 6.51. The van der Waals surface area contributed by atoms with Crippen molar-refractivity contribution in [2.24, 2.45) is 0 Å². The van der Waals surface area contributed by atoms with Crippen LogP contribution in [0.2, 0.25) is 0 Å². The highest BCUT2D eigenvalue weighted by atomic mass is 32.2. The maximum absolute atomic E-state index is 12.6. The summed E-state index contributed by atoms with van der Waals surface area (Å²) in [6.07, 6.45) is 0.735. The van der Waals surface area contributed by atoms with Crippen LogP contribution in [0.3, 0.4) is 0 Å². The molecule has 1 amide bonds. The zero-order chi connectivity index (χ0) is 19.9. The number of rotatable bonds is 8. The molecule has 0 aliphatic carbocycles. The smallest absolute Gasteiger partial charge is 0.223 e. The summed E-state index contributed by atoms with van der Waals surface area (Å²) >= 11 is 0. The Labute approximate surface area is 161 Å². The van der Waals surface area contributed by atoms with Crippen LogP contribution in [0, 0.1) is 18.3 Å². The van der Waals surface area contributed by atoms with E-state index in [1.807, 2.05) is 26.0 Å². The van der Waals surface area contributed by atoms with Gasteiger partial charge >= 0.3 is 0 Å². The lowest BCUT2D eigenvalue weighted by molar-refractivity contribution is -0.131. The highest BCUT2D eigenvalue weighted by molar-refractivity contribution is 7.91. The summed E-state index contributed by atoms with van der Waals surface area (Å²) < 4.78 is 24.9. The summed E-state index contributed by atoms with van der Waals surface area (Å²) in [5.41, 5.74) is 2.47. The maximum atomic E-state index is 12.6. The Balaban J connectivity index is 2.03. The predicted molar refractivity (Wildman–Crippen MR) is 105 cm³/mol. The van der Waals surface area contributed by atoms with Crippen LogP contribution in [0.15, 0.2) is 53.4 Å². The van der Waals surface area contributed by atoms with E-state index in [4.69, 9.17) is 5.26 Å². The first-order valence-electron chi connectivity index (χ1n) is 8.92. The first-order chi connectivity index (χ1) is 12.9. The van der Waals surface area contributed by atoms with Gasteiger partial charge in [0.05, 0.1) is 22.3 Å². The van der Waals surface area contributed by atoms with Crippen molar-refractivity contribution in [3.05, 3.63) is 65.2 Å². The Hall–Kier alpha value is -2.65. The fraction of sp³-hybridized carbons (Fsp3) is 0.333. The minimum Gasteiger partial charge on any atom is -0.338 e. The number of hydrogen-bond donors (Lipinski definition) is 0. The first-order valence-corrected chi connectivity index (χ1v) is 10.6. The molecule has 5 nitrogen and oxygen atoms in total. The van der Waals surface area contributed by atoms with E-state index in [1.54, 1.807) is 41.3 Å². The van der Waals surface area contributed by atoms with Crippen LogP contribution in [-0.2, 0) is 21.2 Å². The summed E-state index contributed by atoms with van der Waals surface area (Å²) in [6.45, 7) is 4.83. The Morgan fingerprint density at radius 3 is 2.26 bits per heavy atom. The molecule has 2 rings (SSSR count). The number of sulfone groups is 1. The molecule has 142 valence electrons. The summed E-state index contributed by atoms with van der Waals surface area (Å²) in [5.74, 6) is -0.389. The zero-order valence-electron chi connectivity index (χ0n) is 15.7. The molecule has 0 radical (unpaired) electrons. The third-order valence-electron chi connectivity index (χ3n) is 4.27. The summed E-state index contributed by atoms with van der Waals surface area (Å²) in [4.78, 5) is 14.5. The SMILES string of the molecule is CCCN(Cc1ccc(C#N)cc1)C(=O)CCS(=O)(=O)c1ccc(C)cc1. The van der Waals surface area contributed by atoms with E-state index in [9.17, 15) is 13.2 Å². The van der Waals surface area contributed by atoms with Gasteiger partial charge in [0.15, 0.2) is 9.84 Å². The molecule has 0 aliphatic heterocycles. The predicted octanol–water partition coefficient (Wildman–Crippen LogP) is 3.47. The maximum Gasteiger partial charge on any atom is 0.223 e. The number of carbonyl (C=O) groups excluding carboxylic acids is 1. The Kier molecular flexibility index (Phi) is 7.14. The van der Waals surface area contributed by atoms with Gasteiger partial charge in [0, 0.05) is 19.5 Å². The van der Waals surface area contributed by atoms with Crippen LogP contribution in [0.5, 0.6) is 0 Å². The quantitative estimate of drug-likeness (QED) is 0.698. The molecule has 6 heteroatoms. The van der Waals surface area contributed by atoms with Crippen LogP contribution in [0.25, 0.3) is 0 Å². The standard InChI is InChI=1S/C21H24N2O3S/c1-3-13-23(16-19-8-6-18(15-22)7-9-19)21(24)12-14-27(25,26)20-10-4-17(2)5-11-20/h4-11H,3,12-14,16H2,1-2H3. The summed E-state index contributed by atoms with van der Waals surface area (Å²) in [6, 6.07) is 15.8. The van der Waals surface area contributed by atoms with E-state index in [-0.39, 0.29) is 23.0 Å². The van der Waals surface area contributed by atoms with Crippen LogP contribution in [0.1, 0.15) is 36.5 Å². The fourth-order valence-electron chi connectivity index (χ4n) is 2.71. The van der Waals surface area contributed by atoms with Crippen molar-refractivity contribution in [1.29, 1.82) is 5.26 Å². The number of nitriles is 1. The van der Waals surface area contributed by atoms with Crippen molar-refractivity contribution in [2.75, 3.05) is 12.3 Å². The molecule has 0 saturated carbocycles. The van der Waals surface area contributed by atoms with E-state index < -0.39 is 9.84 Å². The van der Waals surface area contributed by atoms with Crippen LogP contribution in [0.4, 0.5) is 0 Å². The van der Waals surface area contributed by atoms with Crippen molar-refractivity contribution in [3.63, 3.8) is 0 Å². The van der Waals surface area contributed by atoms with Crippen LogP contribution >= 0.6 is 0 Å². The van der Waals surface area contributed by atoms with E-state index in [2.05, 4.69) is 6.07 Å². The largest absolute Gasteiger partial charge is 0.338 e. The fourth-order valence-corrected chi connectivity index (χ4v) is 3.94. The molecule has 0 saturated heterocycles. The van der Waals surface area contributed by atoms with Gasteiger partial charge in [-0.3, -0.25) is 4.79 Å². The number of benzene rings is 2. The lowest BCUT2D eigenvalue weighted by Crippen LogP contribution is -2.32. The van der Waals surface area contributed by atoms with Crippen molar-refractivity contribution >= 4 is 15.7 Å². The van der Waals surface area contributed by atoms with Gasteiger partial charge in [-0.2, -0.15) is 5.26 Å². The van der Waals surface area contributed by atoms with Gasteiger partial charge in [-0.25, -0.2) is 8.42 Å². The normalized spacial score (nSPS) is 11.0. The van der Waals surface area contributed by atoms with Gasteiger partial charge in [-0.15, -0.1) is 0 Å². The molecule has 2 aromatic rings. The van der Waals surface area contributed by atoms with Gasteiger partial charge in [0.25, 0.3) is 0 Å². The summed E-state index contributed by atoms with van der Waals surface area (Å²) in [5, 5.41) is 8.87. The number of hydrogen-bond acceptors (Lipinski definition) is 4. The Morgan fingerprint density at radius 1 is 1.07 bits per heavy atom. The van der Waals surface area contributed by atoms with E-state index in [0.29, 0.717) is 18.7 Å². The molecular formula is C21H24N2O3S. The topological polar surface area (TPSA) is 78.2 Å². The molecule has 0 bridgehead atoms.